The Morgan fingerprint density at radius 1 is 1.54 bits per heavy atom. The molecule has 0 aromatic heterocycles. The van der Waals surface area contributed by atoms with Gasteiger partial charge in [-0.15, -0.1) is 0 Å². The van der Waals surface area contributed by atoms with Crippen LogP contribution in [0.5, 0.6) is 5.75 Å². The maximum absolute atomic E-state index is 11.2. The van der Waals surface area contributed by atoms with Crippen LogP contribution in [0, 0.1) is 0 Å². The van der Waals surface area contributed by atoms with Crippen molar-refractivity contribution in [2.45, 2.75) is 12.5 Å². The van der Waals surface area contributed by atoms with E-state index in [1.54, 1.807) is 12.1 Å². The van der Waals surface area contributed by atoms with Gasteiger partial charge in [0.15, 0.2) is 0 Å². The van der Waals surface area contributed by atoms with E-state index in [0.717, 1.165) is 5.56 Å². The number of carbonyl (C=O) groups excluding carboxylic acids is 1. The lowest BCUT2D eigenvalue weighted by Crippen LogP contribution is -2.40. The van der Waals surface area contributed by atoms with Gasteiger partial charge in [0.1, 0.15) is 5.75 Å². The molecular weight excluding hydrogens is 168 g/mol. The summed E-state index contributed by atoms with van der Waals surface area (Å²) in [6, 6.07) is 4.41. The van der Waals surface area contributed by atoms with Crippen molar-refractivity contribution in [3.8, 4) is 5.75 Å². The van der Waals surface area contributed by atoms with Crippen LogP contribution >= 0.6 is 0 Å². The lowest BCUT2D eigenvalue weighted by atomic mass is 9.99. The molecule has 1 heterocycles. The SMILES string of the molecule is N[C@@H]1Cc2ccc(O)cc2NC1=O. The molecule has 0 saturated carbocycles. The van der Waals surface area contributed by atoms with Crippen molar-refractivity contribution < 1.29 is 9.90 Å². The Balaban J connectivity index is 2.42. The molecule has 1 atom stereocenters. The molecule has 0 fully saturated rings. The van der Waals surface area contributed by atoms with Crippen LogP contribution in [0.15, 0.2) is 18.2 Å². The largest absolute Gasteiger partial charge is 0.508 e. The molecule has 13 heavy (non-hydrogen) atoms. The van der Waals surface area contributed by atoms with Crippen LogP contribution in [-0.4, -0.2) is 17.1 Å². The van der Waals surface area contributed by atoms with E-state index in [2.05, 4.69) is 5.32 Å². The highest BCUT2D eigenvalue weighted by atomic mass is 16.3. The van der Waals surface area contributed by atoms with Gasteiger partial charge >= 0.3 is 0 Å². The minimum Gasteiger partial charge on any atom is -0.508 e. The number of anilines is 1. The summed E-state index contributed by atoms with van der Waals surface area (Å²) in [5, 5.41) is 11.8. The number of rotatable bonds is 0. The van der Waals surface area contributed by atoms with E-state index in [0.29, 0.717) is 12.1 Å². The normalized spacial score (nSPS) is 20.7. The summed E-state index contributed by atoms with van der Waals surface area (Å²) in [7, 11) is 0. The molecule has 0 aliphatic carbocycles. The first-order chi connectivity index (χ1) is 6.16. The van der Waals surface area contributed by atoms with Gasteiger partial charge in [-0.1, -0.05) is 6.07 Å². The van der Waals surface area contributed by atoms with Gasteiger partial charge in [0.05, 0.1) is 6.04 Å². The van der Waals surface area contributed by atoms with Crippen LogP contribution < -0.4 is 11.1 Å². The zero-order valence-electron chi connectivity index (χ0n) is 6.95. The van der Waals surface area contributed by atoms with Crippen molar-refractivity contribution in [2.24, 2.45) is 5.73 Å². The molecule has 4 N–H and O–H groups in total. The fraction of sp³-hybridized carbons (Fsp3) is 0.222. The van der Waals surface area contributed by atoms with Gasteiger partial charge in [-0.25, -0.2) is 0 Å². The molecule has 0 bridgehead atoms. The van der Waals surface area contributed by atoms with E-state index >= 15 is 0 Å². The third kappa shape index (κ3) is 1.36. The minimum absolute atomic E-state index is 0.148. The maximum atomic E-state index is 11.2. The highest BCUT2D eigenvalue weighted by Crippen LogP contribution is 2.25. The molecule has 0 radical (unpaired) electrons. The van der Waals surface area contributed by atoms with Crippen molar-refractivity contribution >= 4 is 11.6 Å². The number of carbonyl (C=O) groups is 1. The maximum Gasteiger partial charge on any atom is 0.241 e. The monoisotopic (exact) mass is 178 g/mol. The molecule has 0 spiro atoms. The zero-order valence-corrected chi connectivity index (χ0v) is 6.95. The summed E-state index contributed by atoms with van der Waals surface area (Å²) in [5.74, 6) is -0.0485. The van der Waals surface area contributed by atoms with Crippen LogP contribution in [0.4, 0.5) is 5.69 Å². The van der Waals surface area contributed by atoms with Crippen molar-refractivity contribution in [3.63, 3.8) is 0 Å². The second-order valence-corrected chi connectivity index (χ2v) is 3.14. The van der Waals surface area contributed by atoms with Crippen molar-refractivity contribution in [2.75, 3.05) is 5.32 Å². The van der Waals surface area contributed by atoms with Crippen LogP contribution in [0.1, 0.15) is 5.56 Å². The number of hydrogen-bond acceptors (Lipinski definition) is 3. The Labute approximate surface area is 75.4 Å². The molecular formula is C9H10N2O2. The number of phenolic OH excluding ortho intramolecular Hbond substituents is 1. The molecule has 4 heteroatoms. The predicted octanol–water partition coefficient (Wildman–Crippen LogP) is 0.214. The number of benzene rings is 1. The Bertz CT molecular complexity index is 363. The minimum atomic E-state index is -0.475. The molecule has 4 nitrogen and oxygen atoms in total. The van der Waals surface area contributed by atoms with Gasteiger partial charge in [-0.2, -0.15) is 0 Å². The average Bonchev–Trinajstić information content (AvgIpc) is 2.08. The van der Waals surface area contributed by atoms with E-state index in [-0.39, 0.29) is 11.7 Å². The Kier molecular flexibility index (Phi) is 1.70. The highest BCUT2D eigenvalue weighted by molar-refractivity contribution is 5.98. The van der Waals surface area contributed by atoms with Crippen LogP contribution in [-0.2, 0) is 11.2 Å². The molecule has 1 aliphatic heterocycles. The first-order valence-electron chi connectivity index (χ1n) is 4.05. The first kappa shape index (κ1) is 8.07. The van der Waals surface area contributed by atoms with Gasteiger partial charge in [0.25, 0.3) is 0 Å². The van der Waals surface area contributed by atoms with Crippen LogP contribution in [0.2, 0.25) is 0 Å². The lowest BCUT2D eigenvalue weighted by molar-refractivity contribution is -0.117. The lowest BCUT2D eigenvalue weighted by Gasteiger charge is -2.21. The number of aromatic hydroxyl groups is 1. The summed E-state index contributed by atoms with van der Waals surface area (Å²) < 4.78 is 0. The number of amides is 1. The number of hydrogen-bond donors (Lipinski definition) is 3. The third-order valence-corrected chi connectivity index (χ3v) is 2.13. The standard InChI is InChI=1S/C9H10N2O2/c10-7-3-5-1-2-6(12)4-8(5)11-9(7)13/h1-2,4,7,12H,3,10H2,(H,11,13)/t7-/m1/s1. The zero-order chi connectivity index (χ0) is 9.42. The molecule has 1 aliphatic rings. The molecule has 0 saturated heterocycles. The fourth-order valence-corrected chi connectivity index (χ4v) is 1.41. The van der Waals surface area contributed by atoms with Gasteiger partial charge in [-0.3, -0.25) is 4.79 Å². The van der Waals surface area contributed by atoms with Gasteiger partial charge < -0.3 is 16.2 Å². The van der Waals surface area contributed by atoms with Crippen LogP contribution in [0.25, 0.3) is 0 Å². The molecule has 68 valence electrons. The third-order valence-electron chi connectivity index (χ3n) is 2.13. The topological polar surface area (TPSA) is 75.3 Å². The first-order valence-corrected chi connectivity index (χ1v) is 4.05. The second kappa shape index (κ2) is 2.74. The predicted molar refractivity (Wildman–Crippen MR) is 48.4 cm³/mol. The van der Waals surface area contributed by atoms with E-state index in [4.69, 9.17) is 10.8 Å². The van der Waals surface area contributed by atoms with Crippen molar-refractivity contribution in [1.82, 2.24) is 0 Å². The Hall–Kier alpha value is -1.55. The molecule has 1 aromatic carbocycles. The van der Waals surface area contributed by atoms with Gasteiger partial charge in [0.2, 0.25) is 5.91 Å². The van der Waals surface area contributed by atoms with Gasteiger partial charge in [-0.05, 0) is 18.1 Å². The quantitative estimate of drug-likeness (QED) is 0.531. The summed E-state index contributed by atoms with van der Waals surface area (Å²) in [6.45, 7) is 0. The molecule has 0 unspecified atom stereocenters. The molecule has 1 amide bonds. The summed E-state index contributed by atoms with van der Waals surface area (Å²) >= 11 is 0. The fourth-order valence-electron chi connectivity index (χ4n) is 1.41. The average molecular weight is 178 g/mol. The van der Waals surface area contributed by atoms with E-state index in [1.807, 2.05) is 0 Å². The molecule has 2 rings (SSSR count). The Morgan fingerprint density at radius 3 is 3.08 bits per heavy atom. The smallest absolute Gasteiger partial charge is 0.241 e. The van der Waals surface area contributed by atoms with Crippen LogP contribution in [0.3, 0.4) is 0 Å². The van der Waals surface area contributed by atoms with E-state index < -0.39 is 6.04 Å². The summed E-state index contributed by atoms with van der Waals surface area (Å²) in [5.41, 5.74) is 7.18. The number of nitrogens with one attached hydrogen (secondary N) is 1. The van der Waals surface area contributed by atoms with Gasteiger partial charge in [0, 0.05) is 11.8 Å². The van der Waals surface area contributed by atoms with E-state index in [9.17, 15) is 4.79 Å². The second-order valence-electron chi connectivity index (χ2n) is 3.14. The van der Waals surface area contributed by atoms with E-state index in [1.165, 1.54) is 6.07 Å². The van der Waals surface area contributed by atoms with Crippen molar-refractivity contribution in [3.05, 3.63) is 23.8 Å². The number of fused-ring (bicyclic) bond motifs is 1. The van der Waals surface area contributed by atoms with Crippen molar-refractivity contribution in [1.29, 1.82) is 0 Å². The summed E-state index contributed by atoms with van der Waals surface area (Å²) in [6.07, 6.45) is 0.529. The molecule has 1 aromatic rings. The highest BCUT2D eigenvalue weighted by Gasteiger charge is 2.22. The Morgan fingerprint density at radius 2 is 2.31 bits per heavy atom. The number of nitrogens with two attached hydrogens (primary N) is 1. The summed E-state index contributed by atoms with van der Waals surface area (Å²) in [4.78, 5) is 11.2. The number of phenols is 1.